The van der Waals surface area contributed by atoms with E-state index in [-0.39, 0.29) is 5.91 Å². The van der Waals surface area contributed by atoms with Crippen LogP contribution in [0, 0.1) is 0 Å². The van der Waals surface area contributed by atoms with Crippen LogP contribution in [0.4, 0.5) is 0 Å². The molecule has 4 aromatic rings. The van der Waals surface area contributed by atoms with Crippen LogP contribution in [0.5, 0.6) is 0 Å². The lowest BCUT2D eigenvalue weighted by Gasteiger charge is -2.09. The molecule has 30 heavy (non-hydrogen) atoms. The zero-order chi connectivity index (χ0) is 20.9. The lowest BCUT2D eigenvalue weighted by molar-refractivity contribution is 0.0956. The highest BCUT2D eigenvalue weighted by Crippen LogP contribution is 2.26. The zero-order valence-corrected chi connectivity index (χ0v) is 16.9. The highest BCUT2D eigenvalue weighted by molar-refractivity contribution is 6.30. The van der Waals surface area contributed by atoms with E-state index in [2.05, 4.69) is 15.5 Å². The van der Waals surface area contributed by atoms with Gasteiger partial charge in [0, 0.05) is 16.0 Å². The Morgan fingerprint density at radius 3 is 2.67 bits per heavy atom. The number of allylic oxidation sites excluding steroid dienone is 1. The molecule has 0 aliphatic heterocycles. The summed E-state index contributed by atoms with van der Waals surface area (Å²) in [5.41, 5.74) is 6.23. The minimum absolute atomic E-state index is 0.314. The van der Waals surface area contributed by atoms with Gasteiger partial charge >= 0.3 is 0 Å². The summed E-state index contributed by atoms with van der Waals surface area (Å²) in [4.78, 5) is 17.6. The van der Waals surface area contributed by atoms with Crippen LogP contribution in [-0.2, 0) is 0 Å². The Bertz CT molecular complexity index is 1240. The van der Waals surface area contributed by atoms with Gasteiger partial charge in [-0.15, -0.1) is 0 Å². The zero-order valence-electron chi connectivity index (χ0n) is 16.2. The van der Waals surface area contributed by atoms with E-state index < -0.39 is 0 Å². The molecule has 0 aliphatic rings. The minimum atomic E-state index is -0.314. The van der Waals surface area contributed by atoms with Crippen molar-refractivity contribution in [1.29, 1.82) is 0 Å². The minimum Gasteiger partial charge on any atom is -0.465 e. The number of hydrogen-bond donors (Lipinski definition) is 1. The summed E-state index contributed by atoms with van der Waals surface area (Å²) in [6.07, 6.45) is 5.00. The highest BCUT2D eigenvalue weighted by atomic mass is 35.5. The number of furan rings is 1. The molecule has 0 unspecified atom stereocenters. The monoisotopic (exact) mass is 415 g/mol. The maximum absolute atomic E-state index is 12.9. The maximum Gasteiger partial charge on any atom is 0.272 e. The summed E-state index contributed by atoms with van der Waals surface area (Å²) < 4.78 is 5.27. The molecule has 6 heteroatoms. The number of rotatable bonds is 5. The average molecular weight is 416 g/mol. The molecule has 0 saturated carbocycles. The summed E-state index contributed by atoms with van der Waals surface area (Å²) in [6, 6.07) is 20.3. The smallest absolute Gasteiger partial charge is 0.272 e. The number of nitrogens with one attached hydrogen (secondary N) is 1. The number of fused-ring (bicyclic) bond motifs is 1. The first-order valence-electron chi connectivity index (χ1n) is 9.31. The lowest BCUT2D eigenvalue weighted by Crippen LogP contribution is -2.18. The van der Waals surface area contributed by atoms with Gasteiger partial charge in [-0.3, -0.25) is 4.79 Å². The van der Waals surface area contributed by atoms with Gasteiger partial charge < -0.3 is 4.42 Å². The molecular weight excluding hydrogens is 398 g/mol. The van der Waals surface area contributed by atoms with Crippen molar-refractivity contribution in [2.45, 2.75) is 6.92 Å². The summed E-state index contributed by atoms with van der Waals surface area (Å²) in [5, 5.41) is 5.48. The van der Waals surface area contributed by atoms with E-state index in [1.807, 2.05) is 61.5 Å². The molecule has 1 amide bonds. The molecule has 0 saturated heterocycles. The Morgan fingerprint density at radius 1 is 1.10 bits per heavy atom. The van der Waals surface area contributed by atoms with E-state index in [0.717, 1.165) is 27.8 Å². The summed E-state index contributed by atoms with van der Waals surface area (Å²) in [6.45, 7) is 1.87. The van der Waals surface area contributed by atoms with Crippen molar-refractivity contribution in [2.24, 2.45) is 5.10 Å². The van der Waals surface area contributed by atoms with Gasteiger partial charge in [-0.2, -0.15) is 5.10 Å². The highest BCUT2D eigenvalue weighted by Gasteiger charge is 2.13. The molecule has 0 radical (unpaired) electrons. The largest absolute Gasteiger partial charge is 0.465 e. The standard InChI is InChI=1S/C24H18ClN3O2/c1-16(13-19-5-4-12-30-19)15-26-28-24(29)21-14-23(17-8-10-18(25)11-9-17)27-22-7-3-2-6-20(21)22/h2-15H,1H3,(H,28,29). The lowest BCUT2D eigenvalue weighted by atomic mass is 10.0. The fourth-order valence-electron chi connectivity index (χ4n) is 3.02. The van der Waals surface area contributed by atoms with Gasteiger partial charge in [0.2, 0.25) is 0 Å². The fraction of sp³-hybridized carbons (Fsp3) is 0.0417. The topological polar surface area (TPSA) is 67.5 Å². The second-order valence-corrected chi connectivity index (χ2v) is 7.12. The van der Waals surface area contributed by atoms with Crippen LogP contribution in [0.1, 0.15) is 23.0 Å². The molecule has 0 bridgehead atoms. The molecule has 1 N–H and O–H groups in total. The summed E-state index contributed by atoms with van der Waals surface area (Å²) in [5.74, 6) is 0.406. The molecule has 2 aromatic carbocycles. The Balaban J connectivity index is 1.63. The number of hydrogen-bond acceptors (Lipinski definition) is 4. The number of carbonyl (C=O) groups excluding carboxylic acids is 1. The van der Waals surface area contributed by atoms with Crippen molar-refractivity contribution in [1.82, 2.24) is 10.4 Å². The molecule has 0 aliphatic carbocycles. The second kappa shape index (κ2) is 8.76. The first-order chi connectivity index (χ1) is 14.6. The number of amides is 1. The van der Waals surface area contributed by atoms with Crippen LogP contribution < -0.4 is 5.43 Å². The number of nitrogens with zero attached hydrogens (tertiary/aromatic N) is 2. The molecule has 2 aromatic heterocycles. The number of aromatic nitrogens is 1. The normalized spacial score (nSPS) is 11.9. The van der Waals surface area contributed by atoms with Gasteiger partial charge in [0.25, 0.3) is 5.91 Å². The van der Waals surface area contributed by atoms with Crippen LogP contribution in [0.25, 0.3) is 28.2 Å². The van der Waals surface area contributed by atoms with E-state index in [4.69, 9.17) is 16.0 Å². The van der Waals surface area contributed by atoms with E-state index in [1.54, 1.807) is 30.7 Å². The molecule has 0 atom stereocenters. The van der Waals surface area contributed by atoms with Crippen LogP contribution in [-0.4, -0.2) is 17.1 Å². The predicted octanol–water partition coefficient (Wildman–Crippen LogP) is 5.97. The van der Waals surface area contributed by atoms with E-state index >= 15 is 0 Å². The van der Waals surface area contributed by atoms with Crippen molar-refractivity contribution in [2.75, 3.05) is 0 Å². The van der Waals surface area contributed by atoms with Crippen molar-refractivity contribution in [3.8, 4) is 11.3 Å². The van der Waals surface area contributed by atoms with E-state index in [0.29, 0.717) is 16.3 Å². The number of pyridine rings is 1. The number of para-hydroxylation sites is 1. The first-order valence-corrected chi connectivity index (χ1v) is 9.69. The van der Waals surface area contributed by atoms with Crippen LogP contribution in [0.2, 0.25) is 5.02 Å². The quantitative estimate of drug-likeness (QED) is 0.322. The van der Waals surface area contributed by atoms with E-state index in [1.165, 1.54) is 0 Å². The maximum atomic E-state index is 12.9. The van der Waals surface area contributed by atoms with Gasteiger partial charge in [-0.05, 0) is 55.0 Å². The number of carbonyl (C=O) groups is 1. The Labute approximate surface area is 178 Å². The predicted molar refractivity (Wildman–Crippen MR) is 121 cm³/mol. The SMILES string of the molecule is CC(C=NNC(=O)c1cc(-c2ccc(Cl)cc2)nc2ccccc12)=Cc1ccco1. The van der Waals surface area contributed by atoms with Crippen molar-refractivity contribution in [3.63, 3.8) is 0 Å². The molecular formula is C24H18ClN3O2. The molecule has 148 valence electrons. The number of halogens is 1. The molecule has 4 rings (SSSR count). The van der Waals surface area contributed by atoms with E-state index in [9.17, 15) is 4.79 Å². The molecule has 2 heterocycles. The van der Waals surface area contributed by atoms with Gasteiger partial charge in [0.15, 0.2) is 0 Å². The second-order valence-electron chi connectivity index (χ2n) is 6.68. The van der Waals surface area contributed by atoms with Crippen LogP contribution >= 0.6 is 11.6 Å². The third-order valence-corrected chi connectivity index (χ3v) is 4.70. The van der Waals surface area contributed by atoms with Crippen molar-refractivity contribution >= 4 is 40.7 Å². The van der Waals surface area contributed by atoms with Gasteiger partial charge in [-0.1, -0.05) is 41.9 Å². The fourth-order valence-corrected chi connectivity index (χ4v) is 3.15. The van der Waals surface area contributed by atoms with Gasteiger partial charge in [0.05, 0.1) is 29.3 Å². The van der Waals surface area contributed by atoms with Crippen LogP contribution in [0.3, 0.4) is 0 Å². The number of benzene rings is 2. The first kappa shape index (κ1) is 19.6. The average Bonchev–Trinajstić information content (AvgIpc) is 3.26. The third kappa shape index (κ3) is 4.47. The molecule has 0 fully saturated rings. The number of hydrazone groups is 1. The Hall–Kier alpha value is -3.70. The summed E-state index contributed by atoms with van der Waals surface area (Å²) >= 11 is 5.99. The molecule has 5 nitrogen and oxygen atoms in total. The molecule has 0 spiro atoms. The summed E-state index contributed by atoms with van der Waals surface area (Å²) in [7, 11) is 0. The van der Waals surface area contributed by atoms with Gasteiger partial charge in [0.1, 0.15) is 5.76 Å². The Kier molecular flexibility index (Phi) is 5.72. The van der Waals surface area contributed by atoms with Crippen molar-refractivity contribution in [3.05, 3.63) is 94.9 Å². The van der Waals surface area contributed by atoms with Crippen molar-refractivity contribution < 1.29 is 9.21 Å². The third-order valence-electron chi connectivity index (χ3n) is 4.45. The van der Waals surface area contributed by atoms with Crippen LogP contribution in [0.15, 0.2) is 88.1 Å². The van der Waals surface area contributed by atoms with Gasteiger partial charge in [-0.25, -0.2) is 10.4 Å². The Morgan fingerprint density at radius 2 is 1.90 bits per heavy atom.